The second kappa shape index (κ2) is 5.52. The Morgan fingerprint density at radius 3 is 3.16 bits per heavy atom. The van der Waals surface area contributed by atoms with E-state index < -0.39 is 0 Å². The normalized spacial score (nSPS) is 20.2. The van der Waals surface area contributed by atoms with Crippen molar-refractivity contribution < 1.29 is 0 Å². The van der Waals surface area contributed by atoms with Gasteiger partial charge in [-0.25, -0.2) is 9.97 Å². The van der Waals surface area contributed by atoms with E-state index in [0.29, 0.717) is 6.04 Å². The van der Waals surface area contributed by atoms with Gasteiger partial charge in [-0.1, -0.05) is 0 Å². The Labute approximate surface area is 113 Å². The summed E-state index contributed by atoms with van der Waals surface area (Å²) < 4.78 is 4.14. The van der Waals surface area contributed by atoms with Crippen molar-refractivity contribution in [3.63, 3.8) is 0 Å². The van der Waals surface area contributed by atoms with Gasteiger partial charge in [-0.05, 0) is 26.3 Å². The molecule has 1 aliphatic rings. The van der Waals surface area contributed by atoms with Gasteiger partial charge in [0, 0.05) is 25.0 Å². The Bertz CT molecular complexity index is 503. The SMILES string of the molecule is CCn1ccnc1CN1CCC[C@@H]1Cn1cncn1. The van der Waals surface area contributed by atoms with Crippen LogP contribution in [0.15, 0.2) is 25.0 Å². The molecule has 2 aromatic heterocycles. The third-order valence-electron chi connectivity index (χ3n) is 3.85. The molecule has 0 unspecified atom stereocenters. The summed E-state index contributed by atoms with van der Waals surface area (Å²) in [6.45, 7) is 6.14. The summed E-state index contributed by atoms with van der Waals surface area (Å²) >= 11 is 0. The van der Waals surface area contributed by atoms with Crippen LogP contribution in [0.3, 0.4) is 0 Å². The number of hydrogen-bond donors (Lipinski definition) is 0. The molecule has 1 fully saturated rings. The van der Waals surface area contributed by atoms with Gasteiger partial charge in [-0.2, -0.15) is 5.10 Å². The van der Waals surface area contributed by atoms with Crippen LogP contribution in [0.25, 0.3) is 0 Å². The first-order valence-corrected chi connectivity index (χ1v) is 6.93. The molecule has 1 aliphatic heterocycles. The molecule has 0 aromatic carbocycles. The van der Waals surface area contributed by atoms with Gasteiger partial charge in [0.25, 0.3) is 0 Å². The van der Waals surface area contributed by atoms with E-state index >= 15 is 0 Å². The Balaban J connectivity index is 1.66. The molecule has 0 spiro atoms. The van der Waals surface area contributed by atoms with E-state index in [1.807, 2.05) is 10.9 Å². The lowest BCUT2D eigenvalue weighted by Crippen LogP contribution is -2.33. The topological polar surface area (TPSA) is 51.8 Å². The molecule has 102 valence electrons. The minimum absolute atomic E-state index is 0.545. The van der Waals surface area contributed by atoms with Crippen LogP contribution in [-0.2, 0) is 19.6 Å². The number of aryl methyl sites for hydroxylation is 1. The molecule has 3 rings (SSSR count). The van der Waals surface area contributed by atoms with Crippen molar-refractivity contribution >= 4 is 0 Å². The van der Waals surface area contributed by atoms with Crippen molar-refractivity contribution in [3.05, 3.63) is 30.9 Å². The van der Waals surface area contributed by atoms with Crippen molar-refractivity contribution in [1.82, 2.24) is 29.2 Å². The van der Waals surface area contributed by atoms with Crippen molar-refractivity contribution in [2.75, 3.05) is 6.54 Å². The van der Waals surface area contributed by atoms with E-state index in [1.165, 1.54) is 12.8 Å². The molecule has 0 amide bonds. The first-order chi connectivity index (χ1) is 9.36. The maximum absolute atomic E-state index is 4.47. The van der Waals surface area contributed by atoms with Crippen molar-refractivity contribution in [2.45, 2.75) is 45.4 Å². The predicted molar refractivity (Wildman–Crippen MR) is 71.4 cm³/mol. The largest absolute Gasteiger partial charge is 0.334 e. The van der Waals surface area contributed by atoms with E-state index in [0.717, 1.165) is 32.0 Å². The number of rotatable bonds is 5. The van der Waals surface area contributed by atoms with Gasteiger partial charge in [-0.3, -0.25) is 9.58 Å². The Kier molecular flexibility index (Phi) is 3.59. The molecule has 0 N–H and O–H groups in total. The summed E-state index contributed by atoms with van der Waals surface area (Å²) in [6, 6.07) is 0.545. The number of nitrogens with zero attached hydrogens (tertiary/aromatic N) is 6. The number of aromatic nitrogens is 5. The molecule has 0 aliphatic carbocycles. The highest BCUT2D eigenvalue weighted by molar-refractivity contribution is 4.94. The molecule has 1 atom stereocenters. The average molecular weight is 260 g/mol. The number of imidazole rings is 1. The van der Waals surface area contributed by atoms with Gasteiger partial charge in [0.15, 0.2) is 0 Å². The smallest absolute Gasteiger partial charge is 0.137 e. The summed E-state index contributed by atoms with van der Waals surface area (Å²) in [5, 5.41) is 4.20. The minimum Gasteiger partial charge on any atom is -0.334 e. The predicted octanol–water partition coefficient (Wildman–Crippen LogP) is 1.16. The average Bonchev–Trinajstić information content (AvgIpc) is 3.14. The van der Waals surface area contributed by atoms with E-state index in [2.05, 4.69) is 37.7 Å². The maximum atomic E-state index is 4.47. The van der Waals surface area contributed by atoms with Gasteiger partial charge >= 0.3 is 0 Å². The summed E-state index contributed by atoms with van der Waals surface area (Å²) in [6.07, 6.45) is 9.82. The molecule has 2 aromatic rings. The fraction of sp³-hybridized carbons (Fsp3) is 0.615. The summed E-state index contributed by atoms with van der Waals surface area (Å²) in [5.74, 6) is 1.16. The minimum atomic E-state index is 0.545. The standard InChI is InChI=1S/C13H20N6/c1-2-17-7-5-15-13(17)9-18-6-3-4-12(18)8-19-11-14-10-16-19/h5,7,10-12H,2-4,6,8-9H2,1H3/t12-/m1/s1. The van der Waals surface area contributed by atoms with E-state index in [9.17, 15) is 0 Å². The molecule has 0 radical (unpaired) electrons. The lowest BCUT2D eigenvalue weighted by molar-refractivity contribution is 0.211. The molecular formula is C13H20N6. The molecule has 19 heavy (non-hydrogen) atoms. The van der Waals surface area contributed by atoms with Crippen LogP contribution >= 0.6 is 0 Å². The van der Waals surface area contributed by atoms with Crippen LogP contribution < -0.4 is 0 Å². The second-order valence-corrected chi connectivity index (χ2v) is 5.01. The van der Waals surface area contributed by atoms with Crippen LogP contribution in [0.4, 0.5) is 0 Å². The molecule has 3 heterocycles. The highest BCUT2D eigenvalue weighted by atomic mass is 15.3. The maximum Gasteiger partial charge on any atom is 0.137 e. The quantitative estimate of drug-likeness (QED) is 0.809. The fourth-order valence-electron chi connectivity index (χ4n) is 2.81. The van der Waals surface area contributed by atoms with Gasteiger partial charge in [0.05, 0.1) is 13.1 Å². The number of hydrogen-bond acceptors (Lipinski definition) is 4. The lowest BCUT2D eigenvalue weighted by atomic mass is 10.2. The molecule has 1 saturated heterocycles. The highest BCUT2D eigenvalue weighted by Gasteiger charge is 2.26. The monoisotopic (exact) mass is 260 g/mol. The molecular weight excluding hydrogens is 240 g/mol. The van der Waals surface area contributed by atoms with Gasteiger partial charge in [-0.15, -0.1) is 0 Å². The summed E-state index contributed by atoms with van der Waals surface area (Å²) in [5.41, 5.74) is 0. The zero-order valence-corrected chi connectivity index (χ0v) is 11.3. The first-order valence-electron chi connectivity index (χ1n) is 6.93. The van der Waals surface area contributed by atoms with Crippen LogP contribution in [-0.4, -0.2) is 41.8 Å². The third-order valence-corrected chi connectivity index (χ3v) is 3.85. The highest BCUT2D eigenvalue weighted by Crippen LogP contribution is 2.20. The summed E-state index contributed by atoms with van der Waals surface area (Å²) in [7, 11) is 0. The lowest BCUT2D eigenvalue weighted by Gasteiger charge is -2.24. The van der Waals surface area contributed by atoms with Crippen molar-refractivity contribution in [1.29, 1.82) is 0 Å². The van der Waals surface area contributed by atoms with E-state index in [4.69, 9.17) is 0 Å². The Morgan fingerprint density at radius 2 is 2.37 bits per heavy atom. The van der Waals surface area contributed by atoms with E-state index in [-0.39, 0.29) is 0 Å². The van der Waals surface area contributed by atoms with Crippen LogP contribution in [0.2, 0.25) is 0 Å². The van der Waals surface area contributed by atoms with E-state index in [1.54, 1.807) is 12.7 Å². The second-order valence-electron chi connectivity index (χ2n) is 5.01. The van der Waals surface area contributed by atoms with Crippen LogP contribution in [0, 0.1) is 0 Å². The van der Waals surface area contributed by atoms with Crippen LogP contribution in [0.5, 0.6) is 0 Å². The number of likely N-dealkylation sites (tertiary alicyclic amines) is 1. The zero-order chi connectivity index (χ0) is 13.1. The zero-order valence-electron chi connectivity index (χ0n) is 11.3. The molecule has 0 bridgehead atoms. The molecule has 6 heteroatoms. The van der Waals surface area contributed by atoms with Crippen molar-refractivity contribution in [3.8, 4) is 0 Å². The van der Waals surface area contributed by atoms with Gasteiger partial charge < -0.3 is 4.57 Å². The third kappa shape index (κ3) is 2.68. The van der Waals surface area contributed by atoms with Gasteiger partial charge in [0.2, 0.25) is 0 Å². The Hall–Kier alpha value is -1.69. The summed E-state index contributed by atoms with van der Waals surface area (Å²) in [4.78, 5) is 11.0. The van der Waals surface area contributed by atoms with Crippen LogP contribution in [0.1, 0.15) is 25.6 Å². The first kappa shape index (κ1) is 12.3. The van der Waals surface area contributed by atoms with Crippen molar-refractivity contribution in [2.24, 2.45) is 0 Å². The van der Waals surface area contributed by atoms with Gasteiger partial charge in [0.1, 0.15) is 18.5 Å². The Morgan fingerprint density at radius 1 is 1.42 bits per heavy atom. The fourth-order valence-corrected chi connectivity index (χ4v) is 2.81. The molecule has 0 saturated carbocycles. The molecule has 6 nitrogen and oxygen atoms in total.